The lowest BCUT2D eigenvalue weighted by molar-refractivity contribution is -0.597. The van der Waals surface area contributed by atoms with Crippen molar-refractivity contribution in [2.24, 2.45) is 0 Å². The van der Waals surface area contributed by atoms with E-state index in [1.165, 1.54) is 110 Å². The lowest BCUT2D eigenvalue weighted by atomic mass is 9.87. The SMILES string of the molecule is CC(C)(C)c1ccc([I+]c2ccc(C(C)(C)C)cc2)cc1.CC(C)(C)c1ccc([I+]c2ccc(C(C)(C)C)cc2)cc1.CC(C)(C)c1ccc([I+]c2ccc(C(C)(C)C)cc2)cc1.CC(C)(C)c1ccc([I+]c2ccc(C(C)(C)C)cc2)cc1.CC(C)(C)c1ccc([I+]c2ccc(C(C)(C)C)cc2)cc1.CC(C)(C)c1ccc([I+]c2ccc(C(C)(C)C)cc2)cc1.O=C([O-])F.O=C([O-])F.O=C([O-])F.O=C([O-])F.O=C([O-])F.O=C([O-])F. The van der Waals surface area contributed by atoms with Gasteiger partial charge < -0.3 is 59.4 Å². The summed E-state index contributed by atoms with van der Waals surface area (Å²) in [6.45, 7) is 81.6. The highest BCUT2D eigenvalue weighted by atomic mass is 127. The first-order chi connectivity index (χ1) is 68.4. The van der Waals surface area contributed by atoms with Gasteiger partial charge >= 0.3 is 127 Å². The van der Waals surface area contributed by atoms with E-state index in [0.29, 0.717) is 0 Å². The van der Waals surface area contributed by atoms with Crippen LogP contribution in [0.15, 0.2) is 291 Å². The maximum absolute atomic E-state index is 9.81. The van der Waals surface area contributed by atoms with Crippen molar-refractivity contribution < 1.29 is 213 Å². The minimum atomic E-state index is -2.58. The lowest BCUT2D eigenvalue weighted by Gasteiger charge is -2.18. The fraction of sp³-hybridized carbons (Fsp3) is 0.381. The summed E-state index contributed by atoms with van der Waals surface area (Å²) in [5.74, 6) is 0. The van der Waals surface area contributed by atoms with E-state index in [-0.39, 0.29) is 192 Å². The zero-order chi connectivity index (χ0) is 116. The fourth-order valence-electron chi connectivity index (χ4n) is 12.9. The minimum Gasteiger partial charge on any atom is -0.520 e. The van der Waals surface area contributed by atoms with Crippen molar-refractivity contribution in [2.75, 3.05) is 0 Å². The molecule has 0 aliphatic rings. The van der Waals surface area contributed by atoms with Gasteiger partial charge in [0.15, 0.2) is 42.8 Å². The van der Waals surface area contributed by atoms with Crippen LogP contribution in [0.5, 0.6) is 0 Å². The molecule has 150 heavy (non-hydrogen) atoms. The Labute approximate surface area is 955 Å². The van der Waals surface area contributed by atoms with Crippen LogP contribution in [0.2, 0.25) is 0 Å². The predicted octanol–water partition coefficient (Wildman–Crippen LogP) is 10.3. The molecule has 12 aromatic rings. The number of halogens is 12. The molecule has 12 aromatic carbocycles. The first-order valence-electron chi connectivity index (χ1n) is 48.7. The molecule has 816 valence electrons. The Bertz CT molecular complexity index is 4680. The van der Waals surface area contributed by atoms with Crippen molar-refractivity contribution in [3.8, 4) is 0 Å². The molecule has 0 heterocycles. The summed E-state index contributed by atoms with van der Waals surface area (Å²) in [6, 6.07) is 110. The molecule has 12 nitrogen and oxygen atoms in total. The van der Waals surface area contributed by atoms with Gasteiger partial charge in [-0.25, -0.2) is 0 Å². The zero-order valence-electron chi connectivity index (χ0n) is 94.1. The number of carboxylic acid groups (broad SMARTS) is 6. The Morgan fingerprint density at radius 1 is 0.127 bits per heavy atom. The maximum atomic E-state index is 9.81. The van der Waals surface area contributed by atoms with Gasteiger partial charge in [-0.3, -0.25) is 0 Å². The van der Waals surface area contributed by atoms with E-state index < -0.39 is 37.3 Å². The molecule has 0 aromatic heterocycles. The van der Waals surface area contributed by atoms with Crippen LogP contribution in [-0.2, 0) is 65.0 Å². The molecule has 0 spiro atoms. The Balaban J connectivity index is 0.000000860. The first kappa shape index (κ1) is 139. The van der Waals surface area contributed by atoms with Crippen LogP contribution in [0.4, 0.5) is 55.1 Å². The van der Waals surface area contributed by atoms with Crippen LogP contribution in [-0.4, -0.2) is 37.3 Å². The third kappa shape index (κ3) is 62.1. The van der Waals surface area contributed by atoms with E-state index >= 15 is 0 Å². The fourth-order valence-corrected chi connectivity index (χ4v) is 25.9. The van der Waals surface area contributed by atoms with Crippen LogP contribution in [0.25, 0.3) is 0 Å². The van der Waals surface area contributed by atoms with E-state index in [9.17, 15) is 26.3 Å². The molecular weight excluding hydrogens is 2580 g/mol. The first-order valence-corrected chi connectivity index (χ1v) is 61.7. The van der Waals surface area contributed by atoms with Crippen LogP contribution in [0.1, 0.15) is 316 Å². The number of rotatable bonds is 12. The molecule has 0 saturated heterocycles. The Kier molecular flexibility index (Phi) is 59.0. The monoisotopic (exact) mass is 2740 g/mol. The van der Waals surface area contributed by atoms with Gasteiger partial charge in [-0.1, -0.05) is 395 Å². The van der Waals surface area contributed by atoms with Crippen LogP contribution in [0, 0.1) is 42.8 Å². The second-order valence-electron chi connectivity index (χ2n) is 47.1. The molecule has 0 aliphatic carbocycles. The number of carbonyl (C=O) groups is 6. The summed E-state index contributed by atoms with van der Waals surface area (Å²) in [4.78, 5) is 49.3. The average molecular weight is 2740 g/mol. The van der Waals surface area contributed by atoms with E-state index in [4.69, 9.17) is 59.4 Å². The van der Waals surface area contributed by atoms with Gasteiger partial charge in [0.1, 0.15) is 0 Å². The molecule has 0 atom stereocenters. The molecule has 0 amide bonds. The van der Waals surface area contributed by atoms with Crippen molar-refractivity contribution in [2.45, 2.75) is 314 Å². The molecule has 0 bridgehead atoms. The summed E-state index contributed by atoms with van der Waals surface area (Å²) >= 11 is -0.422. The molecule has 0 fully saturated rings. The van der Waals surface area contributed by atoms with Crippen LogP contribution in [0.3, 0.4) is 0 Å². The third-order valence-electron chi connectivity index (χ3n) is 21.8. The molecular formula is C126H156F6I6O12. The molecule has 24 heteroatoms. The molecule has 0 unspecified atom stereocenters. The Morgan fingerprint density at radius 3 is 0.200 bits per heavy atom. The molecule has 0 radical (unpaired) electrons. The van der Waals surface area contributed by atoms with Gasteiger partial charge in [0, 0.05) is 0 Å². The van der Waals surface area contributed by atoms with Crippen molar-refractivity contribution in [1.82, 2.24) is 0 Å². The van der Waals surface area contributed by atoms with Crippen molar-refractivity contribution >= 4 is 37.3 Å². The largest absolute Gasteiger partial charge is 0.520 e. The zero-order valence-corrected chi connectivity index (χ0v) is 107. The standard InChI is InChI=1S/6C20H26I.6CHFO2/c6*1-19(2,3)15-7-11-17(12-8-15)21-18-13-9-16(10-14-18)20(4,5)6;6*2-1(3)4/h6*7-14H,1-6H3;6*(H,3,4)/q6*+1;;;;;;/p-6. The van der Waals surface area contributed by atoms with E-state index in [1.807, 2.05) is 0 Å². The summed E-state index contributed by atoms with van der Waals surface area (Å²) in [7, 11) is 0. The predicted molar refractivity (Wildman–Crippen MR) is 565 cm³/mol. The molecule has 0 N–H and O–H groups in total. The van der Waals surface area contributed by atoms with Crippen molar-refractivity contribution in [1.29, 1.82) is 0 Å². The van der Waals surface area contributed by atoms with E-state index in [2.05, 4.69) is 540 Å². The maximum Gasteiger partial charge on any atom is 0.357 e. The second-order valence-corrected chi connectivity index (χ2v) is 65.3. The lowest BCUT2D eigenvalue weighted by Crippen LogP contribution is -3.61. The molecule has 0 aliphatic heterocycles. The van der Waals surface area contributed by atoms with Gasteiger partial charge in [0.05, 0.1) is 0 Å². The van der Waals surface area contributed by atoms with Gasteiger partial charge in [-0.15, -0.1) is 0 Å². The Morgan fingerprint density at radius 2 is 0.167 bits per heavy atom. The smallest absolute Gasteiger partial charge is 0.357 e. The summed E-state index contributed by atoms with van der Waals surface area (Å²) in [5, 5.41) is 49.3. The summed E-state index contributed by atoms with van der Waals surface area (Å²) in [5.41, 5.74) is 19.9. The van der Waals surface area contributed by atoms with Crippen LogP contribution >= 0.6 is 0 Å². The van der Waals surface area contributed by atoms with Gasteiger partial charge in [0.2, 0.25) is 37.3 Å². The van der Waals surface area contributed by atoms with Crippen molar-refractivity contribution in [3.63, 3.8) is 0 Å². The highest BCUT2D eigenvalue weighted by Crippen LogP contribution is 2.30. The second kappa shape index (κ2) is 63.4. The third-order valence-corrected chi connectivity index (χ3v) is 37.9. The van der Waals surface area contributed by atoms with Crippen molar-refractivity contribution in [3.05, 3.63) is 401 Å². The highest BCUT2D eigenvalue weighted by molar-refractivity contribution is 5.53. The highest BCUT2D eigenvalue weighted by Gasteiger charge is 2.29. The van der Waals surface area contributed by atoms with Gasteiger partial charge in [-0.2, -0.15) is 26.3 Å². The number of benzene rings is 12. The van der Waals surface area contributed by atoms with Gasteiger partial charge in [-0.05, 0) is 277 Å². The quantitative estimate of drug-likeness (QED) is 0.0630. The normalized spacial score (nSPS) is 11.5. The average Bonchev–Trinajstić information content (AvgIpc) is 0.844. The topological polar surface area (TPSA) is 241 Å². The molecule has 0 saturated carbocycles. The van der Waals surface area contributed by atoms with Crippen LogP contribution < -0.4 is 158 Å². The summed E-state index contributed by atoms with van der Waals surface area (Å²) in [6.07, 6.45) is -15.5. The minimum absolute atomic E-state index is 0.0703. The Hall–Kier alpha value is -8.58. The summed E-state index contributed by atoms with van der Waals surface area (Å²) < 4.78 is 76.7. The number of carbonyl (C=O) groups excluding carboxylic acids is 6. The molecule has 12 rings (SSSR count). The number of hydrogen-bond donors (Lipinski definition) is 0. The van der Waals surface area contributed by atoms with E-state index in [1.54, 1.807) is 0 Å². The number of hydrogen-bond acceptors (Lipinski definition) is 12. The van der Waals surface area contributed by atoms with E-state index in [0.717, 1.165) is 0 Å². The van der Waals surface area contributed by atoms with Gasteiger partial charge in [0.25, 0.3) is 0 Å².